The summed E-state index contributed by atoms with van der Waals surface area (Å²) in [6.07, 6.45) is 8.43. The second-order valence-corrected chi connectivity index (χ2v) is 6.41. The molecule has 0 amide bonds. The van der Waals surface area contributed by atoms with Crippen LogP contribution in [0, 0.1) is 11.8 Å². The van der Waals surface area contributed by atoms with Crippen LogP contribution in [0.3, 0.4) is 0 Å². The summed E-state index contributed by atoms with van der Waals surface area (Å²) in [6, 6.07) is 0. The first-order valence-electron chi connectivity index (χ1n) is 7.46. The first-order chi connectivity index (χ1) is 10.1. The van der Waals surface area contributed by atoms with Gasteiger partial charge in [0.2, 0.25) is 0 Å². The van der Waals surface area contributed by atoms with E-state index in [2.05, 4.69) is 20.9 Å². The molecule has 2 rings (SSSR count). The highest BCUT2D eigenvalue weighted by molar-refractivity contribution is 9.11. The fourth-order valence-corrected chi connectivity index (χ4v) is 2.84. The smallest absolute Gasteiger partial charge is 0.309 e. The lowest BCUT2D eigenvalue weighted by Crippen LogP contribution is -2.19. The van der Waals surface area contributed by atoms with E-state index in [1.165, 1.54) is 12.8 Å². The average Bonchev–Trinajstić information content (AvgIpc) is 3.27. The second kappa shape index (κ2) is 7.78. The first-order valence-corrected chi connectivity index (χ1v) is 8.25. The van der Waals surface area contributed by atoms with Crippen molar-refractivity contribution in [1.82, 2.24) is 0 Å². The van der Waals surface area contributed by atoms with Crippen LogP contribution in [0.4, 0.5) is 0 Å². The van der Waals surface area contributed by atoms with E-state index in [9.17, 15) is 4.79 Å². The lowest BCUT2D eigenvalue weighted by Gasteiger charge is -2.15. The van der Waals surface area contributed by atoms with Crippen LogP contribution in [-0.4, -0.2) is 25.9 Å². The predicted molar refractivity (Wildman–Crippen MR) is 86.2 cm³/mol. The summed E-state index contributed by atoms with van der Waals surface area (Å²) in [5.74, 6) is 1.25. The van der Waals surface area contributed by atoms with Crippen LogP contribution in [0.5, 0.6) is 0 Å². The normalized spacial score (nSPS) is 19.9. The molecule has 1 aliphatic carbocycles. The number of carbonyl (C=O) groups excluding carboxylic acids is 1. The maximum Gasteiger partial charge on any atom is 0.309 e. The molecule has 5 heteroatoms. The highest BCUT2D eigenvalue weighted by atomic mass is 79.9. The number of methoxy groups -OCH3 is 1. The molecular weight excluding hydrogens is 334 g/mol. The fraction of sp³-hybridized carbons (Fsp3) is 0.625. The minimum atomic E-state index is -0.105. The third-order valence-electron chi connectivity index (χ3n) is 3.70. The van der Waals surface area contributed by atoms with Gasteiger partial charge in [0.25, 0.3) is 0 Å². The highest BCUT2D eigenvalue weighted by Gasteiger charge is 2.31. The Hall–Kier alpha value is -1.10. The molecule has 0 radical (unpaired) electrons. The van der Waals surface area contributed by atoms with E-state index in [-0.39, 0.29) is 11.9 Å². The summed E-state index contributed by atoms with van der Waals surface area (Å²) < 4.78 is 11.5. The Morgan fingerprint density at radius 3 is 2.90 bits per heavy atom. The van der Waals surface area contributed by atoms with Gasteiger partial charge in [-0.3, -0.25) is 9.79 Å². The Morgan fingerprint density at radius 2 is 2.29 bits per heavy atom. The second-order valence-electron chi connectivity index (χ2n) is 5.46. The van der Waals surface area contributed by atoms with Gasteiger partial charge in [-0.25, -0.2) is 0 Å². The Labute approximate surface area is 134 Å². The monoisotopic (exact) mass is 355 g/mol. The van der Waals surface area contributed by atoms with Crippen LogP contribution < -0.4 is 0 Å². The molecule has 0 aromatic heterocycles. The third-order valence-corrected chi connectivity index (χ3v) is 4.42. The molecule has 0 aromatic carbocycles. The van der Waals surface area contributed by atoms with Crippen molar-refractivity contribution in [2.24, 2.45) is 16.8 Å². The quantitative estimate of drug-likeness (QED) is 0.649. The lowest BCUT2D eigenvalue weighted by molar-refractivity contribution is -0.148. The molecule has 1 fully saturated rings. The summed E-state index contributed by atoms with van der Waals surface area (Å²) in [4.78, 5) is 16.6. The zero-order valence-electron chi connectivity index (χ0n) is 12.6. The van der Waals surface area contributed by atoms with Crippen molar-refractivity contribution in [1.29, 1.82) is 0 Å². The number of hydrogen-bond acceptors (Lipinski definition) is 4. The molecule has 0 bridgehead atoms. The Bertz CT molecular complexity index is 478. The van der Waals surface area contributed by atoms with Crippen LogP contribution in [0.25, 0.3) is 0 Å². The summed E-state index contributed by atoms with van der Waals surface area (Å²) in [5, 5.41) is 0. The van der Waals surface area contributed by atoms with Crippen molar-refractivity contribution in [2.75, 3.05) is 13.7 Å². The molecule has 0 aromatic rings. The van der Waals surface area contributed by atoms with E-state index in [1.54, 1.807) is 7.11 Å². The van der Waals surface area contributed by atoms with Gasteiger partial charge in [-0.15, -0.1) is 0 Å². The van der Waals surface area contributed by atoms with Gasteiger partial charge in [-0.2, -0.15) is 0 Å². The summed E-state index contributed by atoms with van der Waals surface area (Å²) in [7, 11) is 1.64. The molecule has 21 heavy (non-hydrogen) atoms. The summed E-state index contributed by atoms with van der Waals surface area (Å²) in [6.45, 7) is 2.27. The number of rotatable bonds is 7. The van der Waals surface area contributed by atoms with Crippen molar-refractivity contribution in [3.8, 4) is 0 Å². The van der Waals surface area contributed by atoms with Crippen molar-refractivity contribution < 1.29 is 14.3 Å². The molecule has 0 spiro atoms. The SMILES string of the molecule is CCOC(=O)C(CC1=CC(OC)=C(Br)CC=N1)CC1CC1. The molecule has 1 atom stereocenters. The number of ether oxygens (including phenoxy) is 2. The largest absolute Gasteiger partial charge is 0.496 e. The zero-order chi connectivity index (χ0) is 15.2. The van der Waals surface area contributed by atoms with E-state index < -0.39 is 0 Å². The molecule has 1 aliphatic heterocycles. The van der Waals surface area contributed by atoms with Gasteiger partial charge < -0.3 is 9.47 Å². The Morgan fingerprint density at radius 1 is 1.52 bits per heavy atom. The minimum Gasteiger partial charge on any atom is -0.496 e. The van der Waals surface area contributed by atoms with Gasteiger partial charge in [0.1, 0.15) is 5.76 Å². The van der Waals surface area contributed by atoms with Gasteiger partial charge in [0, 0.05) is 35.3 Å². The van der Waals surface area contributed by atoms with E-state index in [0.29, 0.717) is 25.4 Å². The number of nitrogens with zero attached hydrogens (tertiary/aromatic N) is 1. The molecule has 0 N–H and O–H groups in total. The lowest BCUT2D eigenvalue weighted by atomic mass is 9.96. The van der Waals surface area contributed by atoms with Crippen LogP contribution in [0.2, 0.25) is 0 Å². The summed E-state index contributed by atoms with van der Waals surface area (Å²) >= 11 is 3.49. The maximum atomic E-state index is 12.1. The predicted octanol–water partition coefficient (Wildman–Crippen LogP) is 3.97. The number of hydrogen-bond donors (Lipinski definition) is 0. The molecule has 4 nitrogen and oxygen atoms in total. The van der Waals surface area contributed by atoms with Crippen molar-refractivity contribution >= 4 is 28.1 Å². The number of halogens is 1. The van der Waals surface area contributed by atoms with Gasteiger partial charge in [-0.05, 0) is 19.3 Å². The zero-order valence-corrected chi connectivity index (χ0v) is 14.2. The molecule has 0 saturated heterocycles. The number of esters is 1. The molecule has 2 aliphatic rings. The molecule has 1 unspecified atom stereocenters. The van der Waals surface area contributed by atoms with Gasteiger partial charge >= 0.3 is 5.97 Å². The third kappa shape index (κ3) is 4.99. The number of allylic oxidation sites excluding steroid dienone is 3. The highest BCUT2D eigenvalue weighted by Crippen LogP contribution is 2.38. The summed E-state index contributed by atoms with van der Waals surface area (Å²) in [5.41, 5.74) is 0.875. The van der Waals surface area contributed by atoms with Gasteiger partial charge in [0.15, 0.2) is 0 Å². The number of carbonyl (C=O) groups is 1. The first kappa shape index (κ1) is 16.3. The number of aliphatic imine (C=N–C) groups is 1. The molecule has 116 valence electrons. The van der Waals surface area contributed by atoms with Gasteiger partial charge in [0.05, 0.1) is 19.6 Å². The average molecular weight is 356 g/mol. The van der Waals surface area contributed by atoms with Crippen molar-refractivity contribution in [3.05, 3.63) is 22.0 Å². The topological polar surface area (TPSA) is 47.9 Å². The van der Waals surface area contributed by atoms with Gasteiger partial charge in [-0.1, -0.05) is 28.8 Å². The minimum absolute atomic E-state index is 0.101. The Balaban J connectivity index is 2.09. The van der Waals surface area contributed by atoms with Crippen LogP contribution in [0.1, 0.15) is 39.0 Å². The molecule has 1 saturated carbocycles. The standard InChI is InChI=1S/C16H22BrNO3/c1-3-21-16(19)12(8-11-4-5-11)9-13-10-15(20-2)14(17)6-7-18-13/h7,10-12H,3-6,8-9H2,1-2H3. The fourth-order valence-electron chi connectivity index (χ4n) is 2.42. The molecule has 1 heterocycles. The maximum absolute atomic E-state index is 12.1. The van der Waals surface area contributed by atoms with E-state index >= 15 is 0 Å². The van der Waals surface area contributed by atoms with E-state index in [1.807, 2.05) is 19.2 Å². The van der Waals surface area contributed by atoms with Crippen molar-refractivity contribution in [3.63, 3.8) is 0 Å². The van der Waals surface area contributed by atoms with Crippen LogP contribution in [0.15, 0.2) is 27.0 Å². The van der Waals surface area contributed by atoms with Crippen molar-refractivity contribution in [2.45, 2.75) is 39.0 Å². The Kier molecular flexibility index (Phi) is 6.03. The van der Waals surface area contributed by atoms with E-state index in [0.717, 1.165) is 22.4 Å². The van der Waals surface area contributed by atoms with Crippen LogP contribution in [-0.2, 0) is 14.3 Å². The molecular formula is C16H22BrNO3. The van der Waals surface area contributed by atoms with Crippen LogP contribution >= 0.6 is 15.9 Å². The van der Waals surface area contributed by atoms with E-state index in [4.69, 9.17) is 9.47 Å².